The third-order valence-electron chi connectivity index (χ3n) is 1.29. The van der Waals surface area contributed by atoms with Crippen molar-refractivity contribution < 1.29 is 9.90 Å². The minimum Gasteiger partial charge on any atom is -0.480 e. The van der Waals surface area contributed by atoms with Crippen LogP contribution in [0.2, 0.25) is 0 Å². The van der Waals surface area contributed by atoms with Crippen molar-refractivity contribution in [2.45, 2.75) is 13.5 Å². The summed E-state index contributed by atoms with van der Waals surface area (Å²) in [5, 5.41) is 12.2. The number of aryl methyl sites for hydroxylation is 1. The number of carboxylic acid groups (broad SMARTS) is 1. The van der Waals surface area contributed by atoms with E-state index in [2.05, 4.69) is 5.10 Å². The van der Waals surface area contributed by atoms with E-state index in [0.29, 0.717) is 5.82 Å². The maximum absolute atomic E-state index is 10.2. The number of aliphatic carboxylic acids is 1. The molecule has 0 radical (unpaired) electrons. The van der Waals surface area contributed by atoms with Gasteiger partial charge in [0, 0.05) is 11.8 Å². The summed E-state index contributed by atoms with van der Waals surface area (Å²) in [4.78, 5) is 10.2. The van der Waals surface area contributed by atoms with E-state index in [1.54, 1.807) is 13.0 Å². The van der Waals surface area contributed by atoms with Gasteiger partial charge in [-0.1, -0.05) is 0 Å². The van der Waals surface area contributed by atoms with Gasteiger partial charge in [0.15, 0.2) is 0 Å². The monoisotopic (exact) mass is 155 g/mol. The lowest BCUT2D eigenvalue weighted by molar-refractivity contribution is -0.137. The van der Waals surface area contributed by atoms with Crippen molar-refractivity contribution in [3.63, 3.8) is 0 Å². The zero-order valence-electron chi connectivity index (χ0n) is 6.11. The molecule has 60 valence electrons. The second-order valence-electron chi connectivity index (χ2n) is 2.26. The van der Waals surface area contributed by atoms with Crippen LogP contribution >= 0.6 is 0 Å². The number of hydrogen-bond acceptors (Lipinski definition) is 3. The predicted molar refractivity (Wildman–Crippen MR) is 39.0 cm³/mol. The molecule has 0 aromatic carbocycles. The first-order chi connectivity index (χ1) is 5.09. The Bertz CT molecular complexity index is 279. The minimum atomic E-state index is -0.920. The summed E-state index contributed by atoms with van der Waals surface area (Å²) in [6.45, 7) is 1.62. The van der Waals surface area contributed by atoms with Gasteiger partial charge in [-0.3, -0.25) is 9.48 Å². The summed E-state index contributed by atoms with van der Waals surface area (Å²) in [5.41, 5.74) is 6.08. The van der Waals surface area contributed by atoms with Crippen LogP contribution in [-0.2, 0) is 11.3 Å². The molecule has 1 aromatic heterocycles. The molecule has 0 spiro atoms. The Morgan fingerprint density at radius 1 is 1.91 bits per heavy atom. The van der Waals surface area contributed by atoms with Gasteiger partial charge in [-0.15, -0.1) is 0 Å². The Hall–Kier alpha value is -1.52. The number of carbonyl (C=O) groups is 1. The normalized spacial score (nSPS) is 9.91. The van der Waals surface area contributed by atoms with Gasteiger partial charge in [-0.05, 0) is 6.92 Å². The second-order valence-corrected chi connectivity index (χ2v) is 2.26. The lowest BCUT2D eigenvalue weighted by Gasteiger charge is -1.97. The van der Waals surface area contributed by atoms with E-state index in [9.17, 15) is 4.79 Å². The molecule has 1 rings (SSSR count). The van der Waals surface area contributed by atoms with Gasteiger partial charge >= 0.3 is 5.97 Å². The average Bonchev–Trinajstić information content (AvgIpc) is 2.09. The molecule has 0 fully saturated rings. The van der Waals surface area contributed by atoms with Gasteiger partial charge in [-0.25, -0.2) is 0 Å². The van der Waals surface area contributed by atoms with E-state index in [-0.39, 0.29) is 6.54 Å². The first-order valence-corrected chi connectivity index (χ1v) is 3.11. The molecule has 0 saturated heterocycles. The quantitative estimate of drug-likeness (QED) is 0.622. The Morgan fingerprint density at radius 2 is 2.55 bits per heavy atom. The fourth-order valence-corrected chi connectivity index (χ4v) is 0.824. The molecule has 1 heterocycles. The number of hydrogen-bond donors (Lipinski definition) is 2. The highest BCUT2D eigenvalue weighted by Crippen LogP contribution is 2.03. The number of carboxylic acids is 1. The average molecular weight is 155 g/mol. The van der Waals surface area contributed by atoms with Crippen LogP contribution in [0.3, 0.4) is 0 Å². The Balaban J connectivity index is 2.85. The summed E-state index contributed by atoms with van der Waals surface area (Å²) < 4.78 is 1.34. The Morgan fingerprint density at radius 3 is 2.91 bits per heavy atom. The van der Waals surface area contributed by atoms with Crippen LogP contribution in [0.4, 0.5) is 5.82 Å². The molecule has 5 heteroatoms. The Labute approximate surface area is 63.4 Å². The van der Waals surface area contributed by atoms with E-state index in [4.69, 9.17) is 10.8 Å². The highest BCUT2D eigenvalue weighted by Gasteiger charge is 2.04. The number of nitrogens with two attached hydrogens (primary N) is 1. The van der Waals surface area contributed by atoms with E-state index >= 15 is 0 Å². The molecule has 0 atom stereocenters. The van der Waals surface area contributed by atoms with Crippen molar-refractivity contribution in [3.05, 3.63) is 11.8 Å². The lowest BCUT2D eigenvalue weighted by atomic mass is 10.4. The van der Waals surface area contributed by atoms with E-state index in [0.717, 1.165) is 5.69 Å². The number of rotatable bonds is 2. The van der Waals surface area contributed by atoms with Gasteiger partial charge in [-0.2, -0.15) is 5.10 Å². The van der Waals surface area contributed by atoms with Crippen LogP contribution in [0.5, 0.6) is 0 Å². The van der Waals surface area contributed by atoms with Crippen molar-refractivity contribution in [1.82, 2.24) is 9.78 Å². The highest BCUT2D eigenvalue weighted by atomic mass is 16.4. The lowest BCUT2D eigenvalue weighted by Crippen LogP contribution is -2.11. The molecule has 0 unspecified atom stereocenters. The number of nitrogen functional groups attached to an aromatic ring is 1. The van der Waals surface area contributed by atoms with Crippen molar-refractivity contribution in [3.8, 4) is 0 Å². The summed E-state index contributed by atoms with van der Waals surface area (Å²) in [6, 6.07) is 1.63. The fourth-order valence-electron chi connectivity index (χ4n) is 0.824. The SMILES string of the molecule is Cc1cc(N)nn1CC(=O)O. The molecule has 0 amide bonds. The molecule has 0 bridgehead atoms. The topological polar surface area (TPSA) is 81.1 Å². The molecular weight excluding hydrogens is 146 g/mol. The van der Waals surface area contributed by atoms with Crippen molar-refractivity contribution in [2.75, 3.05) is 5.73 Å². The molecule has 11 heavy (non-hydrogen) atoms. The van der Waals surface area contributed by atoms with Crippen molar-refractivity contribution >= 4 is 11.8 Å². The predicted octanol–water partition coefficient (Wildman–Crippen LogP) is -0.142. The summed E-state index contributed by atoms with van der Waals surface area (Å²) in [5.74, 6) is -0.569. The molecule has 5 nitrogen and oxygen atoms in total. The van der Waals surface area contributed by atoms with E-state index < -0.39 is 5.97 Å². The standard InChI is InChI=1S/C6H9N3O2/c1-4-2-5(7)8-9(4)3-6(10)11/h2H,3H2,1H3,(H2,7,8)(H,10,11). The van der Waals surface area contributed by atoms with Gasteiger partial charge in [0.05, 0.1) is 0 Å². The van der Waals surface area contributed by atoms with Crippen LogP contribution in [0, 0.1) is 6.92 Å². The number of aromatic nitrogens is 2. The van der Waals surface area contributed by atoms with Crippen LogP contribution < -0.4 is 5.73 Å². The van der Waals surface area contributed by atoms with E-state index in [1.807, 2.05) is 0 Å². The second kappa shape index (κ2) is 2.61. The first-order valence-electron chi connectivity index (χ1n) is 3.11. The maximum atomic E-state index is 10.2. The van der Waals surface area contributed by atoms with Gasteiger partial charge < -0.3 is 10.8 Å². The summed E-state index contributed by atoms with van der Waals surface area (Å²) in [7, 11) is 0. The van der Waals surface area contributed by atoms with Crippen LogP contribution in [0.25, 0.3) is 0 Å². The molecular formula is C6H9N3O2. The highest BCUT2D eigenvalue weighted by molar-refractivity contribution is 5.66. The number of anilines is 1. The zero-order chi connectivity index (χ0) is 8.43. The maximum Gasteiger partial charge on any atom is 0.325 e. The first kappa shape index (κ1) is 7.59. The third-order valence-corrected chi connectivity index (χ3v) is 1.29. The molecule has 3 N–H and O–H groups in total. The summed E-state index contributed by atoms with van der Waals surface area (Å²) >= 11 is 0. The van der Waals surface area contributed by atoms with E-state index in [1.165, 1.54) is 4.68 Å². The van der Waals surface area contributed by atoms with Gasteiger partial charge in [0.25, 0.3) is 0 Å². The Kier molecular flexibility index (Phi) is 1.80. The van der Waals surface area contributed by atoms with Crippen molar-refractivity contribution in [2.24, 2.45) is 0 Å². The molecule has 1 aromatic rings. The van der Waals surface area contributed by atoms with Crippen LogP contribution in [-0.4, -0.2) is 20.9 Å². The zero-order valence-corrected chi connectivity index (χ0v) is 6.11. The third kappa shape index (κ3) is 1.70. The van der Waals surface area contributed by atoms with Crippen LogP contribution in [0.1, 0.15) is 5.69 Å². The molecule has 0 aliphatic carbocycles. The largest absolute Gasteiger partial charge is 0.480 e. The van der Waals surface area contributed by atoms with Gasteiger partial charge in [0.2, 0.25) is 0 Å². The smallest absolute Gasteiger partial charge is 0.325 e. The molecule has 0 aliphatic rings. The molecule has 0 aliphatic heterocycles. The van der Waals surface area contributed by atoms with Crippen molar-refractivity contribution in [1.29, 1.82) is 0 Å². The fraction of sp³-hybridized carbons (Fsp3) is 0.333. The van der Waals surface area contributed by atoms with Gasteiger partial charge in [0.1, 0.15) is 12.4 Å². The molecule has 0 saturated carbocycles. The number of nitrogens with zero attached hydrogens (tertiary/aromatic N) is 2. The minimum absolute atomic E-state index is 0.136. The van der Waals surface area contributed by atoms with Crippen LogP contribution in [0.15, 0.2) is 6.07 Å². The summed E-state index contributed by atoms with van der Waals surface area (Å²) in [6.07, 6.45) is 0.